The quantitative estimate of drug-likeness (QED) is 0.638. The third-order valence-corrected chi connectivity index (χ3v) is 2.81. The third kappa shape index (κ3) is 1.38. The van der Waals surface area contributed by atoms with Gasteiger partial charge in [0.05, 0.1) is 7.11 Å². The number of benzene rings is 1. The molecular weight excluding hydrogens is 214 g/mol. The highest BCUT2D eigenvalue weighted by Crippen LogP contribution is 2.29. The molecule has 0 unspecified atom stereocenters. The lowest BCUT2D eigenvalue weighted by Gasteiger charge is -2.05. The predicted octanol–water partition coefficient (Wildman–Crippen LogP) is 2.29. The summed E-state index contributed by atoms with van der Waals surface area (Å²) >= 11 is 0. The largest absolute Gasteiger partial charge is 0.467 e. The first-order valence-corrected chi connectivity index (χ1v) is 5.27. The van der Waals surface area contributed by atoms with Crippen molar-refractivity contribution in [3.05, 3.63) is 47.8 Å². The van der Waals surface area contributed by atoms with Gasteiger partial charge in [-0.1, -0.05) is 35.9 Å². The summed E-state index contributed by atoms with van der Waals surface area (Å²) < 4.78 is 6.95. The molecule has 84 valence electrons. The second kappa shape index (κ2) is 3.59. The molecule has 0 saturated heterocycles. The minimum absolute atomic E-state index is 0.463. The van der Waals surface area contributed by atoms with Gasteiger partial charge >= 0.3 is 6.01 Å². The van der Waals surface area contributed by atoms with Crippen molar-refractivity contribution in [3.63, 3.8) is 0 Å². The Labute approximate surface area is 98.9 Å². The lowest BCUT2D eigenvalue weighted by atomic mass is 10.0. The van der Waals surface area contributed by atoms with Crippen LogP contribution in [0.5, 0.6) is 6.01 Å². The van der Waals surface area contributed by atoms with Gasteiger partial charge in [0.1, 0.15) is 0 Å². The minimum Gasteiger partial charge on any atom is -0.467 e. The smallest absolute Gasteiger partial charge is 0.321 e. The van der Waals surface area contributed by atoms with Crippen LogP contribution in [0.4, 0.5) is 0 Å². The van der Waals surface area contributed by atoms with Gasteiger partial charge in [-0.3, -0.25) is 4.57 Å². The monoisotopic (exact) mass is 225 g/mol. The third-order valence-electron chi connectivity index (χ3n) is 2.81. The van der Waals surface area contributed by atoms with E-state index in [9.17, 15) is 0 Å². The Hall–Kier alpha value is -2.36. The van der Waals surface area contributed by atoms with Crippen molar-refractivity contribution in [2.75, 3.05) is 7.11 Å². The highest BCUT2D eigenvalue weighted by atomic mass is 16.5. The Morgan fingerprint density at radius 1 is 1.24 bits per heavy atom. The van der Waals surface area contributed by atoms with E-state index in [-0.39, 0.29) is 0 Å². The van der Waals surface area contributed by atoms with Gasteiger partial charge in [0.15, 0.2) is 5.82 Å². The molecule has 0 bridgehead atoms. The molecule has 1 aliphatic heterocycles. The minimum atomic E-state index is 0.463. The molecule has 4 nitrogen and oxygen atoms in total. The molecule has 1 aromatic heterocycles. The molecule has 0 aliphatic carbocycles. The predicted molar refractivity (Wildman–Crippen MR) is 66.4 cm³/mol. The molecule has 0 N–H and O–H groups in total. The van der Waals surface area contributed by atoms with E-state index < -0.39 is 0 Å². The summed E-state index contributed by atoms with van der Waals surface area (Å²) in [6.45, 7) is 4.09. The molecule has 4 heteroatoms. The highest BCUT2D eigenvalue weighted by molar-refractivity contribution is 5.85. The van der Waals surface area contributed by atoms with Crippen molar-refractivity contribution < 1.29 is 4.74 Å². The van der Waals surface area contributed by atoms with Gasteiger partial charge < -0.3 is 4.74 Å². The second-order valence-corrected chi connectivity index (χ2v) is 3.76. The summed E-state index contributed by atoms with van der Waals surface area (Å²) in [6.07, 6.45) is 3.90. The van der Waals surface area contributed by atoms with Crippen molar-refractivity contribution in [3.8, 4) is 6.01 Å². The lowest BCUT2D eigenvalue weighted by Crippen LogP contribution is -1.97. The zero-order chi connectivity index (χ0) is 11.8. The molecule has 3 rings (SSSR count). The van der Waals surface area contributed by atoms with Crippen molar-refractivity contribution in [2.45, 2.75) is 0 Å². The number of rotatable bonds is 1. The summed E-state index contributed by atoms with van der Waals surface area (Å²) in [5, 5.41) is 8.06. The molecule has 0 spiro atoms. The van der Waals surface area contributed by atoms with Gasteiger partial charge in [-0.05, 0) is 17.2 Å². The molecule has 2 heterocycles. The second-order valence-electron chi connectivity index (χ2n) is 3.76. The van der Waals surface area contributed by atoms with E-state index in [0.717, 1.165) is 16.7 Å². The van der Waals surface area contributed by atoms with Crippen LogP contribution >= 0.6 is 0 Å². The fraction of sp³-hybridized carbons (Fsp3) is 0.0769. The van der Waals surface area contributed by atoms with Crippen molar-refractivity contribution in [1.82, 2.24) is 14.8 Å². The summed E-state index contributed by atoms with van der Waals surface area (Å²) in [5.74, 6) is 0.711. The standard InChI is InChI=1S/C13H11N3O/c1-9-11-6-4-3-5-10(11)7-8-16-12(9)14-15-13(16)17-2/h3-8H,1H2,2H3. The molecular formula is C13H11N3O. The van der Waals surface area contributed by atoms with Crippen LogP contribution < -0.4 is 4.74 Å². The normalized spacial score (nSPS) is 12.9. The molecule has 1 aliphatic rings. The Kier molecular flexibility index (Phi) is 2.08. The number of hydrogen-bond donors (Lipinski definition) is 0. The maximum Gasteiger partial charge on any atom is 0.321 e. The molecule has 0 atom stereocenters. The van der Waals surface area contributed by atoms with E-state index in [4.69, 9.17) is 4.74 Å². The molecule has 2 aromatic rings. The maximum absolute atomic E-state index is 5.15. The number of ether oxygens (including phenoxy) is 1. The summed E-state index contributed by atoms with van der Waals surface area (Å²) in [6, 6.07) is 8.52. The zero-order valence-corrected chi connectivity index (χ0v) is 9.42. The van der Waals surface area contributed by atoms with Crippen LogP contribution in [0, 0.1) is 0 Å². The van der Waals surface area contributed by atoms with Crippen LogP contribution in [-0.2, 0) is 0 Å². The van der Waals surface area contributed by atoms with Crippen LogP contribution in [0.2, 0.25) is 0 Å². The van der Waals surface area contributed by atoms with E-state index >= 15 is 0 Å². The maximum atomic E-state index is 5.15. The number of fused-ring (bicyclic) bond motifs is 2. The van der Waals surface area contributed by atoms with Crippen LogP contribution in [0.1, 0.15) is 17.0 Å². The number of nitrogens with zero attached hydrogens (tertiary/aromatic N) is 3. The van der Waals surface area contributed by atoms with E-state index in [1.165, 1.54) is 0 Å². The van der Waals surface area contributed by atoms with Gasteiger partial charge in [0.25, 0.3) is 0 Å². The average Bonchev–Trinajstić information content (AvgIpc) is 2.73. The van der Waals surface area contributed by atoms with Gasteiger partial charge in [0.2, 0.25) is 0 Å². The summed E-state index contributed by atoms with van der Waals surface area (Å²) in [5.41, 5.74) is 3.03. The van der Waals surface area contributed by atoms with E-state index in [2.05, 4.69) is 16.8 Å². The fourth-order valence-electron chi connectivity index (χ4n) is 1.95. The van der Waals surface area contributed by atoms with E-state index in [1.54, 1.807) is 11.7 Å². The first kappa shape index (κ1) is 9.84. The Bertz CT molecular complexity index is 625. The summed E-state index contributed by atoms with van der Waals surface area (Å²) in [4.78, 5) is 0. The van der Waals surface area contributed by atoms with Crippen LogP contribution in [0.25, 0.3) is 17.8 Å². The van der Waals surface area contributed by atoms with Gasteiger partial charge in [-0.15, -0.1) is 5.10 Å². The summed E-state index contributed by atoms with van der Waals surface area (Å²) in [7, 11) is 1.58. The van der Waals surface area contributed by atoms with E-state index in [0.29, 0.717) is 11.8 Å². The molecule has 17 heavy (non-hydrogen) atoms. The molecule has 0 radical (unpaired) electrons. The molecule has 0 amide bonds. The van der Waals surface area contributed by atoms with Crippen LogP contribution in [0.15, 0.2) is 30.8 Å². The molecule has 1 aromatic carbocycles. The fourth-order valence-corrected chi connectivity index (χ4v) is 1.95. The first-order chi connectivity index (χ1) is 8.31. The Morgan fingerprint density at radius 2 is 2.06 bits per heavy atom. The zero-order valence-electron chi connectivity index (χ0n) is 9.42. The SMILES string of the molecule is C=C1c2ccccc2C=Cn2c(OC)nnc21. The van der Waals surface area contributed by atoms with Crippen molar-refractivity contribution >= 4 is 17.8 Å². The highest BCUT2D eigenvalue weighted by Gasteiger charge is 2.18. The Balaban J connectivity index is 2.26. The molecule has 0 fully saturated rings. The van der Waals surface area contributed by atoms with E-state index in [1.807, 2.05) is 36.5 Å². The topological polar surface area (TPSA) is 39.9 Å². The van der Waals surface area contributed by atoms with Gasteiger partial charge in [-0.2, -0.15) is 0 Å². The van der Waals surface area contributed by atoms with Crippen LogP contribution in [0.3, 0.4) is 0 Å². The lowest BCUT2D eigenvalue weighted by molar-refractivity contribution is 0.374. The number of methoxy groups -OCH3 is 1. The number of aromatic nitrogens is 3. The van der Waals surface area contributed by atoms with Crippen molar-refractivity contribution in [2.24, 2.45) is 0 Å². The van der Waals surface area contributed by atoms with Gasteiger partial charge in [0, 0.05) is 11.8 Å². The van der Waals surface area contributed by atoms with Crippen molar-refractivity contribution in [1.29, 1.82) is 0 Å². The molecule has 0 saturated carbocycles. The average molecular weight is 225 g/mol. The first-order valence-electron chi connectivity index (χ1n) is 5.27. The van der Waals surface area contributed by atoms with Gasteiger partial charge in [-0.25, -0.2) is 0 Å². The number of hydrogen-bond acceptors (Lipinski definition) is 3. The van der Waals surface area contributed by atoms with Crippen LogP contribution in [-0.4, -0.2) is 21.9 Å². The Morgan fingerprint density at radius 3 is 2.88 bits per heavy atom.